The Morgan fingerprint density at radius 3 is 2.31 bits per heavy atom. The normalized spacial score (nSPS) is 14.3. The topological polar surface area (TPSA) is 42.5 Å². The quantitative estimate of drug-likeness (QED) is 0.214. The third-order valence-corrected chi connectivity index (χ3v) is 6.62. The summed E-state index contributed by atoms with van der Waals surface area (Å²) in [6.45, 7) is 22.7. The summed E-state index contributed by atoms with van der Waals surface area (Å²) in [5.74, 6) is 1.36. The van der Waals surface area contributed by atoms with Crippen molar-refractivity contribution in [3.05, 3.63) is 102 Å². The van der Waals surface area contributed by atoms with Gasteiger partial charge in [-0.1, -0.05) is 93.1 Å². The molecular weight excluding hydrogens is 476 g/mol. The predicted octanol–water partition coefficient (Wildman–Crippen LogP) is 10.3. The molecule has 0 spiro atoms. The minimum Gasteiger partial charge on any atom is -0.268 e. The Morgan fingerprint density at radius 1 is 1.08 bits per heavy atom. The van der Waals surface area contributed by atoms with Crippen LogP contribution in [0.15, 0.2) is 101 Å². The third kappa shape index (κ3) is 9.79. The molecule has 1 aromatic carbocycles. The molecule has 1 atom stereocenters. The minimum absolute atomic E-state index is 0.490. The van der Waals surface area contributed by atoms with E-state index in [9.17, 15) is 0 Å². The first-order chi connectivity index (χ1) is 18.7. The minimum atomic E-state index is 0.490. The summed E-state index contributed by atoms with van der Waals surface area (Å²) in [5.41, 5.74) is 9.14. The molecule has 0 N–H and O–H groups in total. The molecule has 0 saturated heterocycles. The molecule has 2 aromatic rings. The van der Waals surface area contributed by atoms with Gasteiger partial charge in [0.25, 0.3) is 0 Å². The maximum Gasteiger partial charge on any atom is 0.162 e. The van der Waals surface area contributed by atoms with E-state index < -0.39 is 0 Å². The smallest absolute Gasteiger partial charge is 0.162 e. The first-order valence-corrected chi connectivity index (χ1v) is 13.9. The Kier molecular flexibility index (Phi) is 13.1. The SMILES string of the molecule is C=C(C)C1=CN=CC1.C=C/C(=C\C=C(/C)c1ccccc1)c1cnn(C=C(C)C)c1/N=C(\C)C(CC)CCC. The highest BCUT2D eigenvalue weighted by Gasteiger charge is 2.15. The van der Waals surface area contributed by atoms with E-state index in [2.05, 4.69) is 101 Å². The van der Waals surface area contributed by atoms with Crippen LogP contribution in [0, 0.1) is 5.92 Å². The van der Waals surface area contributed by atoms with Crippen molar-refractivity contribution in [1.29, 1.82) is 0 Å². The molecular formula is C35H46N4. The van der Waals surface area contributed by atoms with Gasteiger partial charge in [-0.3, -0.25) is 4.99 Å². The number of nitrogens with zero attached hydrogens (tertiary/aromatic N) is 4. The van der Waals surface area contributed by atoms with Crippen LogP contribution in [0.5, 0.6) is 0 Å². The van der Waals surface area contributed by atoms with E-state index in [1.165, 1.54) is 22.3 Å². The van der Waals surface area contributed by atoms with Gasteiger partial charge in [-0.05, 0) is 75.7 Å². The fourth-order valence-corrected chi connectivity index (χ4v) is 4.24. The summed E-state index contributed by atoms with van der Waals surface area (Å²) in [5, 5.41) is 4.62. The molecule has 0 amide bonds. The molecule has 0 bridgehead atoms. The molecule has 4 nitrogen and oxygen atoms in total. The fraction of sp³-hybridized carbons (Fsp3) is 0.343. The van der Waals surface area contributed by atoms with E-state index in [0.29, 0.717) is 5.92 Å². The second-order valence-electron chi connectivity index (χ2n) is 10.2. The van der Waals surface area contributed by atoms with Crippen molar-refractivity contribution in [1.82, 2.24) is 9.78 Å². The van der Waals surface area contributed by atoms with Crippen LogP contribution < -0.4 is 0 Å². The lowest BCUT2D eigenvalue weighted by molar-refractivity contribution is 0.592. The molecule has 0 saturated carbocycles. The van der Waals surface area contributed by atoms with Crippen molar-refractivity contribution in [2.24, 2.45) is 15.9 Å². The predicted molar refractivity (Wildman–Crippen MR) is 174 cm³/mol. The summed E-state index contributed by atoms with van der Waals surface area (Å²) in [6.07, 6.45) is 18.2. The number of benzene rings is 1. The van der Waals surface area contributed by atoms with E-state index in [1.54, 1.807) is 0 Å². The van der Waals surface area contributed by atoms with Crippen LogP contribution >= 0.6 is 0 Å². The van der Waals surface area contributed by atoms with Crippen molar-refractivity contribution in [3.63, 3.8) is 0 Å². The Bertz CT molecular complexity index is 1290. The van der Waals surface area contributed by atoms with Gasteiger partial charge in [-0.2, -0.15) is 5.10 Å². The van der Waals surface area contributed by atoms with Crippen LogP contribution in [0.3, 0.4) is 0 Å². The molecule has 1 aliphatic rings. The molecule has 1 unspecified atom stereocenters. The molecule has 206 valence electrons. The number of hydrogen-bond acceptors (Lipinski definition) is 3. The van der Waals surface area contributed by atoms with Gasteiger partial charge >= 0.3 is 0 Å². The largest absolute Gasteiger partial charge is 0.268 e. The highest BCUT2D eigenvalue weighted by atomic mass is 15.3. The van der Waals surface area contributed by atoms with Crippen molar-refractivity contribution in [3.8, 4) is 0 Å². The molecule has 3 rings (SSSR count). The van der Waals surface area contributed by atoms with Crippen molar-refractivity contribution in [2.45, 2.75) is 74.1 Å². The average molecular weight is 523 g/mol. The number of hydrogen-bond donors (Lipinski definition) is 0. The molecule has 0 fully saturated rings. The lowest BCUT2D eigenvalue weighted by Crippen LogP contribution is -2.10. The Labute approximate surface area is 236 Å². The first kappa shape index (κ1) is 31.4. The summed E-state index contributed by atoms with van der Waals surface area (Å²) in [6, 6.07) is 10.4. The lowest BCUT2D eigenvalue weighted by atomic mass is 9.96. The van der Waals surface area contributed by atoms with Crippen molar-refractivity contribution < 1.29 is 0 Å². The van der Waals surface area contributed by atoms with E-state index in [4.69, 9.17) is 4.99 Å². The second-order valence-corrected chi connectivity index (χ2v) is 10.2. The van der Waals surface area contributed by atoms with Gasteiger partial charge in [-0.15, -0.1) is 0 Å². The van der Waals surface area contributed by atoms with E-state index in [1.807, 2.05) is 48.6 Å². The summed E-state index contributed by atoms with van der Waals surface area (Å²) >= 11 is 0. The van der Waals surface area contributed by atoms with Crippen LogP contribution in [-0.4, -0.2) is 21.7 Å². The number of allylic oxidation sites excluding steroid dienone is 8. The number of aromatic nitrogens is 2. The molecule has 1 aromatic heterocycles. The van der Waals surface area contributed by atoms with Crippen LogP contribution in [-0.2, 0) is 0 Å². The van der Waals surface area contributed by atoms with Crippen LogP contribution in [0.25, 0.3) is 17.3 Å². The average Bonchev–Trinajstić information content (AvgIpc) is 3.60. The maximum absolute atomic E-state index is 5.08. The van der Waals surface area contributed by atoms with Gasteiger partial charge in [0.15, 0.2) is 5.82 Å². The standard InChI is InChI=1S/C28H37N3.C7H9N/c1-8-14-24(9-2)23(7)30-28-27(19-29-31(28)20-21(4)5)25(10-3)18-17-22(6)26-15-12-11-13-16-26;1-6(2)7-3-4-8-5-7/h10-13,15-20,24H,3,8-9,14H2,1-2,4-7H3;4-5H,1,3H2,2H3/b22-17+,25-18+,30-23+;. The van der Waals surface area contributed by atoms with E-state index in [-0.39, 0.29) is 0 Å². The number of aliphatic imine (C=N–C) groups is 2. The van der Waals surface area contributed by atoms with Gasteiger partial charge in [0, 0.05) is 36.3 Å². The summed E-state index contributed by atoms with van der Waals surface area (Å²) in [7, 11) is 0. The first-order valence-electron chi connectivity index (χ1n) is 13.9. The van der Waals surface area contributed by atoms with Gasteiger partial charge < -0.3 is 0 Å². The molecule has 4 heteroatoms. The van der Waals surface area contributed by atoms with Crippen LogP contribution in [0.4, 0.5) is 5.82 Å². The van der Waals surface area contributed by atoms with Gasteiger partial charge in [0.2, 0.25) is 0 Å². The molecule has 0 aliphatic carbocycles. The molecule has 39 heavy (non-hydrogen) atoms. The summed E-state index contributed by atoms with van der Waals surface area (Å²) < 4.78 is 1.89. The maximum atomic E-state index is 5.08. The van der Waals surface area contributed by atoms with Crippen LogP contribution in [0.2, 0.25) is 0 Å². The third-order valence-electron chi connectivity index (χ3n) is 6.62. The summed E-state index contributed by atoms with van der Waals surface area (Å²) in [4.78, 5) is 9.02. The van der Waals surface area contributed by atoms with E-state index >= 15 is 0 Å². The number of rotatable bonds is 11. The zero-order chi connectivity index (χ0) is 28.8. The molecule has 0 radical (unpaired) electrons. The fourth-order valence-electron chi connectivity index (χ4n) is 4.24. The van der Waals surface area contributed by atoms with Gasteiger partial charge in [-0.25, -0.2) is 9.67 Å². The van der Waals surface area contributed by atoms with Gasteiger partial charge in [0.1, 0.15) is 0 Å². The van der Waals surface area contributed by atoms with Gasteiger partial charge in [0.05, 0.1) is 6.20 Å². The molecule has 1 aliphatic heterocycles. The Balaban J connectivity index is 0.000000568. The Morgan fingerprint density at radius 2 is 1.79 bits per heavy atom. The van der Waals surface area contributed by atoms with Crippen molar-refractivity contribution in [2.75, 3.05) is 0 Å². The molecule has 2 heterocycles. The Hall–Kier alpha value is -3.79. The lowest BCUT2D eigenvalue weighted by Gasteiger charge is -2.14. The second kappa shape index (κ2) is 16.2. The zero-order valence-electron chi connectivity index (χ0n) is 25.0. The highest BCUT2D eigenvalue weighted by Crippen LogP contribution is 2.30. The van der Waals surface area contributed by atoms with Crippen LogP contribution in [0.1, 0.15) is 85.3 Å². The van der Waals surface area contributed by atoms with Crippen molar-refractivity contribution >= 4 is 35.1 Å². The zero-order valence-corrected chi connectivity index (χ0v) is 25.0. The van der Waals surface area contributed by atoms with E-state index in [0.717, 1.165) is 53.9 Å². The highest BCUT2D eigenvalue weighted by molar-refractivity contribution is 5.90. The monoisotopic (exact) mass is 522 g/mol.